The highest BCUT2D eigenvalue weighted by atomic mass is 79.9. The SMILES string of the molecule is NCCn1nnnc1-c1cccc(Br)c1. The van der Waals surface area contributed by atoms with Crippen molar-refractivity contribution in [3.05, 3.63) is 28.7 Å². The minimum absolute atomic E-state index is 0.520. The van der Waals surface area contributed by atoms with Crippen LogP contribution in [0.5, 0.6) is 0 Å². The Morgan fingerprint density at radius 2 is 2.27 bits per heavy atom. The molecule has 2 N–H and O–H groups in total. The van der Waals surface area contributed by atoms with Gasteiger partial charge < -0.3 is 5.73 Å². The molecule has 0 spiro atoms. The number of nitrogens with two attached hydrogens (primary N) is 1. The van der Waals surface area contributed by atoms with E-state index in [0.717, 1.165) is 15.9 Å². The van der Waals surface area contributed by atoms with Gasteiger partial charge >= 0.3 is 0 Å². The maximum Gasteiger partial charge on any atom is 0.182 e. The molecule has 6 heteroatoms. The summed E-state index contributed by atoms with van der Waals surface area (Å²) >= 11 is 3.41. The van der Waals surface area contributed by atoms with E-state index in [-0.39, 0.29) is 0 Å². The zero-order valence-corrected chi connectivity index (χ0v) is 9.55. The maximum absolute atomic E-state index is 5.47. The minimum atomic E-state index is 0.520. The zero-order chi connectivity index (χ0) is 10.7. The summed E-state index contributed by atoms with van der Waals surface area (Å²) < 4.78 is 2.70. The number of benzene rings is 1. The average molecular weight is 268 g/mol. The smallest absolute Gasteiger partial charge is 0.182 e. The van der Waals surface area contributed by atoms with E-state index < -0.39 is 0 Å². The van der Waals surface area contributed by atoms with Crippen LogP contribution in [0.2, 0.25) is 0 Å². The van der Waals surface area contributed by atoms with Gasteiger partial charge in [0.1, 0.15) is 0 Å². The van der Waals surface area contributed by atoms with Gasteiger partial charge in [-0.2, -0.15) is 0 Å². The molecule has 1 heterocycles. The summed E-state index contributed by atoms with van der Waals surface area (Å²) in [6.07, 6.45) is 0. The van der Waals surface area contributed by atoms with Crippen LogP contribution in [0.25, 0.3) is 11.4 Å². The van der Waals surface area contributed by atoms with Crippen molar-refractivity contribution in [2.24, 2.45) is 5.73 Å². The van der Waals surface area contributed by atoms with Crippen molar-refractivity contribution in [2.75, 3.05) is 6.54 Å². The Bertz CT molecular complexity index is 453. The molecule has 0 saturated carbocycles. The molecule has 0 aliphatic heterocycles. The first-order valence-corrected chi connectivity index (χ1v) is 5.33. The van der Waals surface area contributed by atoms with Crippen LogP contribution < -0.4 is 5.73 Å². The number of halogens is 1. The summed E-state index contributed by atoms with van der Waals surface area (Å²) in [5, 5.41) is 11.5. The van der Waals surface area contributed by atoms with Crippen molar-refractivity contribution >= 4 is 15.9 Å². The monoisotopic (exact) mass is 267 g/mol. The molecule has 0 atom stereocenters. The van der Waals surface area contributed by atoms with E-state index in [2.05, 4.69) is 31.5 Å². The summed E-state index contributed by atoms with van der Waals surface area (Å²) in [4.78, 5) is 0. The fraction of sp³-hybridized carbons (Fsp3) is 0.222. The molecule has 2 aromatic rings. The number of hydrogen-bond donors (Lipinski definition) is 1. The van der Waals surface area contributed by atoms with Gasteiger partial charge in [0.2, 0.25) is 0 Å². The van der Waals surface area contributed by atoms with Gasteiger partial charge in [-0.05, 0) is 22.6 Å². The van der Waals surface area contributed by atoms with Crippen LogP contribution in [-0.4, -0.2) is 26.8 Å². The fourth-order valence-electron chi connectivity index (χ4n) is 1.31. The van der Waals surface area contributed by atoms with Gasteiger partial charge in [0.15, 0.2) is 5.82 Å². The van der Waals surface area contributed by atoms with E-state index >= 15 is 0 Å². The topological polar surface area (TPSA) is 69.6 Å². The van der Waals surface area contributed by atoms with E-state index in [1.165, 1.54) is 0 Å². The molecule has 0 saturated heterocycles. The molecule has 0 radical (unpaired) electrons. The second kappa shape index (κ2) is 4.50. The van der Waals surface area contributed by atoms with E-state index in [1.54, 1.807) is 4.68 Å². The van der Waals surface area contributed by atoms with Crippen LogP contribution in [0.15, 0.2) is 28.7 Å². The third-order valence-electron chi connectivity index (χ3n) is 1.96. The predicted molar refractivity (Wildman–Crippen MR) is 60.0 cm³/mol. The number of tetrazole rings is 1. The van der Waals surface area contributed by atoms with Crippen LogP contribution in [0, 0.1) is 0 Å². The highest BCUT2D eigenvalue weighted by molar-refractivity contribution is 9.10. The molecule has 78 valence electrons. The lowest BCUT2D eigenvalue weighted by molar-refractivity contribution is 0.603. The van der Waals surface area contributed by atoms with Crippen molar-refractivity contribution in [1.82, 2.24) is 20.2 Å². The maximum atomic E-state index is 5.47. The van der Waals surface area contributed by atoms with Gasteiger partial charge in [-0.3, -0.25) is 0 Å². The molecule has 0 fully saturated rings. The molecule has 0 bridgehead atoms. The second-order valence-corrected chi connectivity index (χ2v) is 3.94. The number of hydrogen-bond acceptors (Lipinski definition) is 4. The first kappa shape index (κ1) is 10.3. The van der Waals surface area contributed by atoms with Crippen LogP contribution in [0.4, 0.5) is 0 Å². The van der Waals surface area contributed by atoms with Crippen LogP contribution in [-0.2, 0) is 6.54 Å². The lowest BCUT2D eigenvalue weighted by Gasteiger charge is -2.02. The highest BCUT2D eigenvalue weighted by Crippen LogP contribution is 2.19. The molecule has 1 aromatic heterocycles. The van der Waals surface area contributed by atoms with Gasteiger partial charge in [0.25, 0.3) is 0 Å². The molecule has 15 heavy (non-hydrogen) atoms. The van der Waals surface area contributed by atoms with Crippen LogP contribution >= 0.6 is 15.9 Å². The van der Waals surface area contributed by atoms with Crippen molar-refractivity contribution in [2.45, 2.75) is 6.54 Å². The van der Waals surface area contributed by atoms with Crippen molar-refractivity contribution < 1.29 is 0 Å². The van der Waals surface area contributed by atoms with Crippen molar-refractivity contribution in [3.8, 4) is 11.4 Å². The largest absolute Gasteiger partial charge is 0.329 e. The van der Waals surface area contributed by atoms with Crippen LogP contribution in [0.1, 0.15) is 0 Å². The molecule has 5 nitrogen and oxygen atoms in total. The Hall–Kier alpha value is -1.27. The Balaban J connectivity index is 2.40. The third kappa shape index (κ3) is 2.21. The lowest BCUT2D eigenvalue weighted by atomic mass is 10.2. The average Bonchev–Trinajstić information content (AvgIpc) is 2.66. The molecule has 0 aliphatic rings. The van der Waals surface area contributed by atoms with Gasteiger partial charge in [-0.1, -0.05) is 28.1 Å². The fourth-order valence-corrected chi connectivity index (χ4v) is 1.71. The number of nitrogens with zero attached hydrogens (tertiary/aromatic N) is 4. The van der Waals surface area contributed by atoms with Gasteiger partial charge in [-0.15, -0.1) is 5.10 Å². The highest BCUT2D eigenvalue weighted by Gasteiger charge is 2.07. The summed E-state index contributed by atoms with van der Waals surface area (Å²) in [7, 11) is 0. The molecule has 2 rings (SSSR count). The lowest BCUT2D eigenvalue weighted by Crippen LogP contribution is -2.12. The van der Waals surface area contributed by atoms with Crippen molar-refractivity contribution in [3.63, 3.8) is 0 Å². The van der Waals surface area contributed by atoms with Gasteiger partial charge in [0.05, 0.1) is 6.54 Å². The van der Waals surface area contributed by atoms with E-state index in [9.17, 15) is 0 Å². The Morgan fingerprint density at radius 1 is 1.40 bits per heavy atom. The predicted octanol–water partition coefficient (Wildman–Crippen LogP) is 1.06. The third-order valence-corrected chi connectivity index (χ3v) is 2.45. The second-order valence-electron chi connectivity index (χ2n) is 3.02. The summed E-state index contributed by atoms with van der Waals surface area (Å²) in [6, 6.07) is 7.84. The van der Waals surface area contributed by atoms with E-state index in [1.807, 2.05) is 24.3 Å². The summed E-state index contributed by atoms with van der Waals surface area (Å²) in [5.74, 6) is 0.738. The van der Waals surface area contributed by atoms with E-state index in [4.69, 9.17) is 5.73 Å². The molecule has 0 aliphatic carbocycles. The number of rotatable bonds is 3. The molecule has 1 aromatic carbocycles. The standard InChI is InChI=1S/C9H10BrN5/c10-8-3-1-2-7(6-8)9-12-13-14-15(9)5-4-11/h1-3,6H,4-5,11H2. The molecule has 0 amide bonds. The number of aromatic nitrogens is 4. The van der Waals surface area contributed by atoms with Gasteiger partial charge in [-0.25, -0.2) is 4.68 Å². The van der Waals surface area contributed by atoms with E-state index in [0.29, 0.717) is 13.1 Å². The van der Waals surface area contributed by atoms with Crippen LogP contribution in [0.3, 0.4) is 0 Å². The Kier molecular flexibility index (Phi) is 3.08. The summed E-state index contributed by atoms with van der Waals surface area (Å²) in [5.41, 5.74) is 6.45. The zero-order valence-electron chi connectivity index (χ0n) is 7.97. The Labute approximate surface area is 95.4 Å². The first-order valence-electron chi connectivity index (χ1n) is 4.53. The van der Waals surface area contributed by atoms with Gasteiger partial charge in [0, 0.05) is 16.6 Å². The first-order chi connectivity index (χ1) is 7.31. The molecular formula is C9H10BrN5. The molecule has 0 unspecified atom stereocenters. The Morgan fingerprint density at radius 3 is 3.00 bits per heavy atom. The molecular weight excluding hydrogens is 258 g/mol. The quantitative estimate of drug-likeness (QED) is 0.903. The van der Waals surface area contributed by atoms with Crippen molar-refractivity contribution in [1.29, 1.82) is 0 Å². The summed E-state index contributed by atoms with van der Waals surface area (Å²) in [6.45, 7) is 1.14. The normalized spacial score (nSPS) is 10.5. The minimum Gasteiger partial charge on any atom is -0.329 e.